The molecule has 4 aromatic rings. The number of aromatic amines is 2. The highest BCUT2D eigenvalue weighted by atomic mass is 32.2. The van der Waals surface area contributed by atoms with Gasteiger partial charge in [-0.3, -0.25) is 0 Å². The van der Waals surface area contributed by atoms with E-state index >= 15 is 0 Å². The average Bonchev–Trinajstić information content (AvgIpc) is 3.85. The second-order valence-corrected chi connectivity index (χ2v) is 16.3. The number of rotatable bonds is 8. The third-order valence-corrected chi connectivity index (χ3v) is 11.9. The number of alkyl halides is 6. The Kier molecular flexibility index (Phi) is 12.1. The van der Waals surface area contributed by atoms with Gasteiger partial charge in [-0.2, -0.15) is 36.8 Å². The zero-order valence-electron chi connectivity index (χ0n) is 28.4. The van der Waals surface area contributed by atoms with Gasteiger partial charge in [-0.1, -0.05) is 12.1 Å². The predicted octanol–water partition coefficient (Wildman–Crippen LogP) is 3.53. The van der Waals surface area contributed by atoms with E-state index < -0.39 is 53.3 Å². The number of primary sulfonamides is 2. The highest BCUT2D eigenvalue weighted by Crippen LogP contribution is 2.47. The van der Waals surface area contributed by atoms with E-state index in [0.717, 1.165) is 37.8 Å². The Balaban J connectivity index is 0.000000208. The quantitative estimate of drug-likeness (QED) is 0.140. The van der Waals surface area contributed by atoms with Crippen LogP contribution in [0.15, 0.2) is 34.1 Å². The summed E-state index contributed by atoms with van der Waals surface area (Å²) in [6.07, 6.45) is -3.92. The third kappa shape index (κ3) is 9.05. The molecule has 296 valence electrons. The minimum absolute atomic E-state index is 0.149. The molecule has 0 atom stereocenters. The number of benzene rings is 2. The van der Waals surface area contributed by atoms with E-state index in [9.17, 15) is 43.2 Å². The van der Waals surface area contributed by atoms with Crippen LogP contribution in [0, 0.1) is 11.8 Å². The van der Waals surface area contributed by atoms with Crippen LogP contribution in [0.3, 0.4) is 0 Å². The molecule has 2 saturated carbocycles. The Morgan fingerprint density at radius 1 is 0.593 bits per heavy atom. The van der Waals surface area contributed by atoms with Crippen molar-refractivity contribution in [3.63, 3.8) is 0 Å². The van der Waals surface area contributed by atoms with E-state index in [4.69, 9.17) is 21.7 Å². The van der Waals surface area contributed by atoms with Crippen LogP contribution in [0.2, 0.25) is 0 Å². The number of aromatic nitrogens is 8. The van der Waals surface area contributed by atoms with Crippen molar-refractivity contribution in [2.45, 2.75) is 85.3 Å². The molecule has 10 N–H and O–H groups in total. The molecule has 0 unspecified atom stereocenters. The van der Waals surface area contributed by atoms with Crippen LogP contribution in [0.5, 0.6) is 0 Å². The Labute approximate surface area is 305 Å². The minimum Gasteiger partial charge on any atom is -0.330 e. The third-order valence-electron chi connectivity index (χ3n) is 9.94. The fraction of sp³-hybridized carbons (Fsp3) is 0.533. The smallest absolute Gasteiger partial charge is 0.330 e. The Bertz CT molecular complexity index is 1960. The summed E-state index contributed by atoms with van der Waals surface area (Å²) in [7, 11) is -9.42. The van der Waals surface area contributed by atoms with Gasteiger partial charge >= 0.3 is 12.4 Å². The zero-order valence-corrected chi connectivity index (χ0v) is 30.0. The van der Waals surface area contributed by atoms with Crippen molar-refractivity contribution in [1.29, 1.82) is 0 Å². The molecule has 2 heterocycles. The lowest BCUT2D eigenvalue weighted by Crippen LogP contribution is -2.24. The number of halogens is 6. The van der Waals surface area contributed by atoms with Gasteiger partial charge in [-0.05, 0) is 122 Å². The summed E-state index contributed by atoms with van der Waals surface area (Å²) >= 11 is 0. The van der Waals surface area contributed by atoms with Gasteiger partial charge in [0.1, 0.15) is 9.79 Å². The van der Waals surface area contributed by atoms with Crippen molar-refractivity contribution in [1.82, 2.24) is 41.2 Å². The lowest BCUT2D eigenvalue weighted by molar-refractivity contribution is -0.140. The Hall–Kier alpha value is -4.10. The van der Waals surface area contributed by atoms with Crippen LogP contribution in [0.1, 0.15) is 85.5 Å². The first-order chi connectivity index (χ1) is 25.3. The molecule has 0 saturated heterocycles. The van der Waals surface area contributed by atoms with Crippen LogP contribution in [0.4, 0.5) is 26.3 Å². The highest BCUT2D eigenvalue weighted by molar-refractivity contribution is 7.89. The van der Waals surface area contributed by atoms with Gasteiger partial charge in [0.25, 0.3) is 0 Å². The van der Waals surface area contributed by atoms with Gasteiger partial charge in [0, 0.05) is 11.1 Å². The molecule has 2 aromatic heterocycles. The number of hydrogen-bond donors (Lipinski definition) is 6. The molecule has 0 spiro atoms. The van der Waals surface area contributed by atoms with E-state index in [1.54, 1.807) is 0 Å². The lowest BCUT2D eigenvalue weighted by Gasteiger charge is -2.30. The van der Waals surface area contributed by atoms with Crippen molar-refractivity contribution >= 4 is 20.0 Å². The van der Waals surface area contributed by atoms with Crippen molar-refractivity contribution < 1.29 is 43.2 Å². The standard InChI is InChI=1S/2C15H19F3N6O2S/c2*16-15(17,18)11-6-5-10(9-3-1-8(7-19)2-4-9)12(13(11)27(20,25)26)14-21-23-24-22-14/h2*5-6,8-9H,1-4,7,19H2,(H2,20,25,26)(H,21,22,23,24). The van der Waals surface area contributed by atoms with Gasteiger partial charge in [0.05, 0.1) is 11.1 Å². The van der Waals surface area contributed by atoms with Gasteiger partial charge in [0.15, 0.2) is 0 Å². The number of hydrogen-bond acceptors (Lipinski definition) is 12. The van der Waals surface area contributed by atoms with Crippen molar-refractivity contribution in [2.24, 2.45) is 33.6 Å². The summed E-state index contributed by atoms with van der Waals surface area (Å²) < 4.78 is 129. The molecule has 0 radical (unpaired) electrons. The summed E-state index contributed by atoms with van der Waals surface area (Å²) in [4.78, 5) is -2.04. The van der Waals surface area contributed by atoms with Crippen LogP contribution in [-0.2, 0) is 32.4 Å². The van der Waals surface area contributed by atoms with E-state index in [1.165, 1.54) is 12.1 Å². The topological polar surface area (TPSA) is 281 Å². The average molecular weight is 809 g/mol. The second kappa shape index (κ2) is 15.9. The molecular weight excluding hydrogens is 771 g/mol. The molecule has 16 nitrogen and oxygen atoms in total. The number of nitrogens with one attached hydrogen (secondary N) is 2. The lowest BCUT2D eigenvalue weighted by atomic mass is 9.77. The first-order valence-electron chi connectivity index (χ1n) is 16.7. The first-order valence-corrected chi connectivity index (χ1v) is 19.8. The number of nitrogens with zero attached hydrogens (tertiary/aromatic N) is 6. The van der Waals surface area contributed by atoms with Crippen molar-refractivity contribution in [3.8, 4) is 22.8 Å². The summed E-state index contributed by atoms with van der Waals surface area (Å²) in [5.74, 6) is -0.0700. The molecule has 2 aromatic carbocycles. The molecular formula is C30H38F6N12O4S2. The number of nitrogens with two attached hydrogens (primary N) is 4. The van der Waals surface area contributed by atoms with Crippen LogP contribution in [0.25, 0.3) is 22.8 Å². The van der Waals surface area contributed by atoms with Gasteiger partial charge in [-0.15, -0.1) is 20.4 Å². The van der Waals surface area contributed by atoms with E-state index in [0.29, 0.717) is 61.7 Å². The molecule has 6 rings (SSSR count). The van der Waals surface area contributed by atoms with Crippen LogP contribution >= 0.6 is 0 Å². The maximum Gasteiger partial charge on any atom is 0.417 e. The fourth-order valence-electron chi connectivity index (χ4n) is 7.33. The molecule has 54 heavy (non-hydrogen) atoms. The summed E-state index contributed by atoms with van der Waals surface area (Å²) in [5, 5.41) is 36.2. The van der Waals surface area contributed by atoms with E-state index in [2.05, 4.69) is 41.2 Å². The monoisotopic (exact) mass is 808 g/mol. The fourth-order valence-corrected chi connectivity index (χ4v) is 9.30. The van der Waals surface area contributed by atoms with Crippen molar-refractivity contribution in [2.75, 3.05) is 13.1 Å². The van der Waals surface area contributed by atoms with E-state index in [1.807, 2.05) is 0 Å². The van der Waals surface area contributed by atoms with Gasteiger partial charge in [0.2, 0.25) is 31.7 Å². The Morgan fingerprint density at radius 3 is 1.17 bits per heavy atom. The minimum atomic E-state index is -4.91. The number of sulfonamides is 2. The van der Waals surface area contributed by atoms with Crippen LogP contribution < -0.4 is 21.7 Å². The first kappa shape index (κ1) is 41.1. The molecule has 0 aliphatic heterocycles. The molecule has 2 fully saturated rings. The molecule has 2 aliphatic carbocycles. The molecule has 0 bridgehead atoms. The number of H-pyrrole nitrogens is 2. The SMILES string of the molecule is NCC1CCC(c2ccc(C(F)(F)F)c(S(N)(=O)=O)c2-c2nn[nH]n2)CC1.NCC1CCC(c2ccc(C(F)(F)F)c(S(N)(=O)=O)c2-c2nn[nH]n2)CC1. The van der Waals surface area contributed by atoms with Crippen LogP contribution in [-0.4, -0.2) is 71.2 Å². The molecule has 0 amide bonds. The van der Waals surface area contributed by atoms with Crippen molar-refractivity contribution in [3.05, 3.63) is 46.5 Å². The van der Waals surface area contributed by atoms with E-state index in [-0.39, 0.29) is 34.6 Å². The predicted molar refractivity (Wildman–Crippen MR) is 179 cm³/mol. The highest BCUT2D eigenvalue weighted by Gasteiger charge is 2.42. The normalized spacial score (nSPS) is 21.4. The second-order valence-electron chi connectivity index (χ2n) is 13.3. The Morgan fingerprint density at radius 2 is 0.926 bits per heavy atom. The number of tetrazole rings is 2. The summed E-state index contributed by atoms with van der Waals surface area (Å²) in [6.45, 7) is 1.08. The maximum absolute atomic E-state index is 13.5. The maximum atomic E-state index is 13.5. The molecule has 24 heteroatoms. The van der Waals surface area contributed by atoms with Gasteiger partial charge < -0.3 is 11.5 Å². The van der Waals surface area contributed by atoms with Gasteiger partial charge in [-0.25, -0.2) is 27.1 Å². The summed E-state index contributed by atoms with van der Waals surface area (Å²) in [5.41, 5.74) is 9.06. The summed E-state index contributed by atoms with van der Waals surface area (Å²) in [6, 6.07) is 4.09. The zero-order chi connectivity index (χ0) is 39.6. The largest absolute Gasteiger partial charge is 0.417 e. The molecule has 2 aliphatic rings.